The van der Waals surface area contributed by atoms with E-state index in [1.165, 1.54) is 0 Å². The minimum absolute atomic E-state index is 0.400. The molecule has 0 unspecified atom stereocenters. The molecule has 0 amide bonds. The SMILES string of the molecule is N#Cc1ccc(-n2c3ccc(-c4ccc5c(c4)c4ccccc4n5-c4cccc(-c5ccc6c7c8oc9ccccc9c8ccc7n(-c7c(C#N)cccc7C#N)c6c5)c4)cc3c3c4oc5ccccc5c4ccc32)c(C#N)c1. The lowest BCUT2D eigenvalue weighted by Gasteiger charge is -2.13. The van der Waals surface area contributed by atoms with Gasteiger partial charge >= 0.3 is 0 Å². The van der Waals surface area contributed by atoms with Crippen molar-refractivity contribution in [1.29, 1.82) is 21.0 Å². The molecule has 362 valence electrons. The van der Waals surface area contributed by atoms with Crippen LogP contribution in [0.15, 0.2) is 221 Å². The van der Waals surface area contributed by atoms with Crippen LogP contribution in [-0.2, 0) is 0 Å². The normalized spacial score (nSPS) is 11.7. The summed E-state index contributed by atoms with van der Waals surface area (Å²) in [6, 6.07) is 81.0. The molecule has 0 aliphatic heterocycles. The maximum Gasteiger partial charge on any atom is 0.145 e. The van der Waals surface area contributed by atoms with E-state index >= 15 is 0 Å². The molecule has 79 heavy (non-hydrogen) atoms. The van der Waals surface area contributed by atoms with Crippen molar-refractivity contribution in [1.82, 2.24) is 13.7 Å². The van der Waals surface area contributed by atoms with Gasteiger partial charge in [0.2, 0.25) is 0 Å². The van der Waals surface area contributed by atoms with E-state index in [4.69, 9.17) is 8.83 Å². The second-order valence-corrected chi connectivity index (χ2v) is 20.0. The van der Waals surface area contributed by atoms with Crippen LogP contribution in [0.3, 0.4) is 0 Å². The van der Waals surface area contributed by atoms with Crippen molar-refractivity contribution in [2.45, 2.75) is 0 Å². The molecule has 5 heterocycles. The lowest BCUT2D eigenvalue weighted by Crippen LogP contribution is -2.01. The van der Waals surface area contributed by atoms with Crippen molar-refractivity contribution in [2.75, 3.05) is 0 Å². The fourth-order valence-corrected chi connectivity index (χ4v) is 12.5. The molecule has 0 radical (unpaired) electrons. The molecule has 9 heteroatoms. The lowest BCUT2D eigenvalue weighted by atomic mass is 10.00. The summed E-state index contributed by atoms with van der Waals surface area (Å²) in [5, 5.41) is 51.2. The molecule has 0 saturated carbocycles. The monoisotopic (exact) mass is 1010 g/mol. The van der Waals surface area contributed by atoms with Crippen molar-refractivity contribution in [2.24, 2.45) is 0 Å². The summed E-state index contributed by atoms with van der Waals surface area (Å²) >= 11 is 0. The zero-order valence-corrected chi connectivity index (χ0v) is 41.7. The predicted molar refractivity (Wildman–Crippen MR) is 314 cm³/mol. The first-order valence-corrected chi connectivity index (χ1v) is 25.8. The molecule has 0 aliphatic carbocycles. The Hall–Kier alpha value is -11.6. The zero-order valence-electron chi connectivity index (χ0n) is 41.7. The third-order valence-corrected chi connectivity index (χ3v) is 16.0. The van der Waals surface area contributed by atoms with Crippen molar-refractivity contribution in [3.8, 4) is 63.6 Å². The van der Waals surface area contributed by atoms with Crippen LogP contribution < -0.4 is 0 Å². The molecule has 0 atom stereocenters. The van der Waals surface area contributed by atoms with Crippen LogP contribution in [0.5, 0.6) is 0 Å². The molecule has 0 bridgehead atoms. The summed E-state index contributed by atoms with van der Waals surface area (Å²) in [5.74, 6) is 0. The van der Waals surface area contributed by atoms with Gasteiger partial charge in [0.05, 0.1) is 83.6 Å². The third kappa shape index (κ3) is 6.16. The number of benzene rings is 11. The quantitative estimate of drug-likeness (QED) is 0.168. The second-order valence-electron chi connectivity index (χ2n) is 20.0. The van der Waals surface area contributed by atoms with Crippen LogP contribution in [0.4, 0.5) is 0 Å². The summed E-state index contributed by atoms with van der Waals surface area (Å²) in [6.45, 7) is 0. The zero-order chi connectivity index (χ0) is 52.6. The molecular formula is C70H35N7O2. The van der Waals surface area contributed by atoms with Gasteiger partial charge in [-0.25, -0.2) is 0 Å². The number of fused-ring (bicyclic) bond motifs is 17. The molecule has 9 nitrogen and oxygen atoms in total. The average Bonchev–Trinajstić information content (AvgIpc) is 4.52. The molecule has 11 aromatic carbocycles. The number of nitrogens with zero attached hydrogens (tertiary/aromatic N) is 7. The number of para-hydroxylation sites is 4. The van der Waals surface area contributed by atoms with Crippen LogP contribution in [0.25, 0.3) is 149 Å². The van der Waals surface area contributed by atoms with Gasteiger partial charge in [0.25, 0.3) is 0 Å². The molecule has 0 spiro atoms. The number of rotatable bonds is 5. The third-order valence-electron chi connectivity index (χ3n) is 16.0. The summed E-state index contributed by atoms with van der Waals surface area (Å²) in [6.07, 6.45) is 0. The number of nitriles is 4. The summed E-state index contributed by atoms with van der Waals surface area (Å²) in [5.41, 5.74) is 16.6. The predicted octanol–water partition coefficient (Wildman–Crippen LogP) is 17.6. The Bertz CT molecular complexity index is 5540. The van der Waals surface area contributed by atoms with E-state index in [9.17, 15) is 21.0 Å². The first-order chi connectivity index (χ1) is 39.0. The lowest BCUT2D eigenvalue weighted by molar-refractivity contribution is 0.672. The number of hydrogen-bond donors (Lipinski definition) is 0. The van der Waals surface area contributed by atoms with Gasteiger partial charge in [-0.1, -0.05) is 97.1 Å². The standard InChI is InChI=1S/C70H35N7O2/c71-36-40-19-26-57(47(31-40)39-74)76-60-28-22-43(34-56(60)67-61(76)29-24-53-51-15-3-6-18-65(51)79-70(53)67)42-21-27-59-55(33-42)49-13-1-4-16-58(49)75(59)48-12-8-9-41(32-48)44-20-23-54-63(35-44)77(68-45(37-72)10-7-11-46(68)38-73)62-30-25-52-50-14-2-5-17-64(50)78-69(52)66(54)62/h1-35H. The van der Waals surface area contributed by atoms with Crippen LogP contribution in [0, 0.1) is 45.3 Å². The van der Waals surface area contributed by atoms with E-state index in [-0.39, 0.29) is 0 Å². The number of aromatic nitrogens is 3. The van der Waals surface area contributed by atoms with E-state index in [0.29, 0.717) is 33.6 Å². The second kappa shape index (κ2) is 16.4. The van der Waals surface area contributed by atoms with Crippen molar-refractivity contribution in [3.05, 3.63) is 235 Å². The minimum Gasteiger partial charge on any atom is -0.455 e. The van der Waals surface area contributed by atoms with Crippen LogP contribution in [-0.4, -0.2) is 13.7 Å². The Morgan fingerprint density at radius 1 is 0.304 bits per heavy atom. The van der Waals surface area contributed by atoms with E-state index in [0.717, 1.165) is 137 Å². The molecule has 0 aliphatic rings. The molecule has 0 fully saturated rings. The summed E-state index contributed by atoms with van der Waals surface area (Å²) in [7, 11) is 0. The Morgan fingerprint density at radius 2 is 0.835 bits per heavy atom. The maximum atomic E-state index is 10.5. The summed E-state index contributed by atoms with van der Waals surface area (Å²) in [4.78, 5) is 0. The van der Waals surface area contributed by atoms with Crippen molar-refractivity contribution >= 4 is 109 Å². The van der Waals surface area contributed by atoms with Crippen molar-refractivity contribution in [3.63, 3.8) is 0 Å². The van der Waals surface area contributed by atoms with E-state index < -0.39 is 0 Å². The topological polar surface area (TPSA) is 136 Å². The minimum atomic E-state index is 0.400. The first kappa shape index (κ1) is 43.7. The molecular weight excluding hydrogens is 971 g/mol. The number of furan rings is 2. The Kier molecular flexibility index (Phi) is 9.10. The molecule has 5 aromatic heterocycles. The Balaban J connectivity index is 0.865. The molecule has 16 rings (SSSR count). The summed E-state index contributed by atoms with van der Waals surface area (Å²) < 4.78 is 19.8. The van der Waals surface area contributed by atoms with Crippen LogP contribution in [0.1, 0.15) is 22.3 Å². The smallest absolute Gasteiger partial charge is 0.145 e. The van der Waals surface area contributed by atoms with E-state index in [1.807, 2.05) is 42.5 Å². The van der Waals surface area contributed by atoms with Gasteiger partial charge in [-0.05, 0) is 138 Å². The van der Waals surface area contributed by atoms with Gasteiger partial charge < -0.3 is 22.5 Å². The van der Waals surface area contributed by atoms with Gasteiger partial charge in [0.15, 0.2) is 0 Å². The fourth-order valence-electron chi connectivity index (χ4n) is 12.5. The van der Waals surface area contributed by atoms with Gasteiger partial charge in [0.1, 0.15) is 40.5 Å². The van der Waals surface area contributed by atoms with Crippen molar-refractivity contribution < 1.29 is 8.83 Å². The van der Waals surface area contributed by atoms with Gasteiger partial charge in [0, 0.05) is 48.8 Å². The molecule has 0 saturated heterocycles. The maximum absolute atomic E-state index is 10.5. The highest BCUT2D eigenvalue weighted by Gasteiger charge is 2.25. The average molecular weight is 1010 g/mol. The molecule has 16 aromatic rings. The van der Waals surface area contributed by atoms with Crippen LogP contribution in [0.2, 0.25) is 0 Å². The molecule has 0 N–H and O–H groups in total. The highest BCUT2D eigenvalue weighted by atomic mass is 16.3. The van der Waals surface area contributed by atoms with Gasteiger partial charge in [-0.15, -0.1) is 0 Å². The first-order valence-electron chi connectivity index (χ1n) is 25.8. The van der Waals surface area contributed by atoms with Crippen LogP contribution >= 0.6 is 0 Å². The number of hydrogen-bond acceptors (Lipinski definition) is 6. The van der Waals surface area contributed by atoms with Gasteiger partial charge in [-0.3, -0.25) is 0 Å². The highest BCUT2D eigenvalue weighted by Crippen LogP contribution is 2.46. The Labute approximate surface area is 448 Å². The van der Waals surface area contributed by atoms with E-state index in [2.05, 4.69) is 178 Å². The highest BCUT2D eigenvalue weighted by molar-refractivity contribution is 6.26. The van der Waals surface area contributed by atoms with Gasteiger partial charge in [-0.2, -0.15) is 21.0 Å². The van der Waals surface area contributed by atoms with E-state index in [1.54, 1.807) is 30.3 Å². The largest absolute Gasteiger partial charge is 0.455 e. The fraction of sp³-hybridized carbons (Fsp3) is 0. The Morgan fingerprint density at radius 3 is 1.52 bits per heavy atom.